The highest BCUT2D eigenvalue weighted by Crippen LogP contribution is 2.33. The highest BCUT2D eigenvalue weighted by molar-refractivity contribution is 8.00. The Balaban J connectivity index is 1.62. The van der Waals surface area contributed by atoms with Crippen molar-refractivity contribution < 1.29 is 14.4 Å². The smallest absolute Gasteiger partial charge is 0.315 e. The lowest BCUT2D eigenvalue weighted by Crippen LogP contribution is -2.44. The molecule has 2 aliphatic rings. The van der Waals surface area contributed by atoms with Crippen molar-refractivity contribution in [1.29, 1.82) is 0 Å². The fourth-order valence-corrected chi connectivity index (χ4v) is 4.78. The Hall–Kier alpha value is -1.44. The summed E-state index contributed by atoms with van der Waals surface area (Å²) in [6, 6.07) is -0.169. The van der Waals surface area contributed by atoms with Crippen LogP contribution in [0.5, 0.6) is 0 Å². The first-order valence-corrected chi connectivity index (χ1v) is 9.83. The van der Waals surface area contributed by atoms with Crippen molar-refractivity contribution in [2.45, 2.75) is 75.2 Å². The molecule has 2 fully saturated rings. The third kappa shape index (κ3) is 5.29. The summed E-state index contributed by atoms with van der Waals surface area (Å²) >= 11 is 1.88. The molecule has 2 unspecified atom stereocenters. The first-order valence-electron chi connectivity index (χ1n) is 8.78. The molecule has 4 amide bonds. The summed E-state index contributed by atoms with van der Waals surface area (Å²) in [5.41, 5.74) is 5.33. The van der Waals surface area contributed by atoms with Gasteiger partial charge in [-0.25, -0.2) is 4.79 Å². The number of hydrogen-bond donors (Lipinski definition) is 4. The molecule has 2 aliphatic heterocycles. The second-order valence-electron chi connectivity index (χ2n) is 6.53. The van der Waals surface area contributed by atoms with Crippen LogP contribution in [0.1, 0.15) is 51.9 Å². The zero-order valence-corrected chi connectivity index (χ0v) is 15.0. The Labute approximate surface area is 147 Å². The van der Waals surface area contributed by atoms with E-state index in [4.69, 9.17) is 5.73 Å². The van der Waals surface area contributed by atoms with Crippen molar-refractivity contribution in [1.82, 2.24) is 16.0 Å². The molecule has 0 radical (unpaired) electrons. The van der Waals surface area contributed by atoms with Crippen LogP contribution in [-0.4, -0.2) is 47.0 Å². The van der Waals surface area contributed by atoms with Crippen LogP contribution >= 0.6 is 11.8 Å². The third-order valence-electron chi connectivity index (χ3n) is 4.61. The summed E-state index contributed by atoms with van der Waals surface area (Å²) in [6.07, 6.45) is 5.54. The quantitative estimate of drug-likeness (QED) is 0.343. The summed E-state index contributed by atoms with van der Waals surface area (Å²) in [7, 11) is 0. The van der Waals surface area contributed by atoms with E-state index in [0.717, 1.165) is 37.9 Å². The first kappa shape index (κ1) is 18.9. The Morgan fingerprint density at radius 3 is 2.83 bits per heavy atom. The minimum absolute atomic E-state index is 0.0701. The van der Waals surface area contributed by atoms with Crippen LogP contribution in [0.15, 0.2) is 0 Å². The van der Waals surface area contributed by atoms with Crippen LogP contribution in [0.2, 0.25) is 0 Å². The van der Waals surface area contributed by atoms with Crippen molar-refractivity contribution in [3.8, 4) is 0 Å². The number of nitrogens with two attached hydrogens (primary N) is 1. The number of carbonyl (C=O) groups is 3. The molecule has 0 saturated carbocycles. The van der Waals surface area contributed by atoms with E-state index in [1.54, 1.807) is 0 Å². The van der Waals surface area contributed by atoms with Crippen molar-refractivity contribution in [2.75, 3.05) is 5.75 Å². The van der Waals surface area contributed by atoms with Crippen LogP contribution in [0.3, 0.4) is 0 Å². The first-order chi connectivity index (χ1) is 11.5. The molecule has 5 N–H and O–H groups in total. The van der Waals surface area contributed by atoms with Gasteiger partial charge in [-0.1, -0.05) is 26.2 Å². The van der Waals surface area contributed by atoms with Crippen molar-refractivity contribution in [3.05, 3.63) is 0 Å². The molecule has 136 valence electrons. The average molecular weight is 356 g/mol. The molecule has 24 heavy (non-hydrogen) atoms. The minimum atomic E-state index is -0.552. The van der Waals surface area contributed by atoms with Gasteiger partial charge in [0.05, 0.1) is 12.1 Å². The van der Waals surface area contributed by atoms with E-state index in [9.17, 15) is 14.4 Å². The lowest BCUT2D eigenvalue weighted by molar-refractivity contribution is -0.127. The van der Waals surface area contributed by atoms with Crippen LogP contribution < -0.4 is 21.7 Å². The normalized spacial score (nSPS) is 26.4. The van der Waals surface area contributed by atoms with E-state index in [1.807, 2.05) is 18.7 Å². The van der Waals surface area contributed by atoms with E-state index in [2.05, 4.69) is 16.0 Å². The molecular weight excluding hydrogens is 328 g/mol. The van der Waals surface area contributed by atoms with Gasteiger partial charge in [0.15, 0.2) is 0 Å². The SMILES string of the molecule is CCCCC(NC(=O)CCCCC1SC[C@@H]2NC(=O)N[C@H]12)C(N)=O. The maximum Gasteiger partial charge on any atom is 0.315 e. The predicted molar refractivity (Wildman–Crippen MR) is 94.6 cm³/mol. The van der Waals surface area contributed by atoms with Gasteiger partial charge in [-0.2, -0.15) is 11.8 Å². The summed E-state index contributed by atoms with van der Waals surface area (Å²) < 4.78 is 0. The number of urea groups is 1. The number of carbonyl (C=O) groups excluding carboxylic acids is 3. The van der Waals surface area contributed by atoms with Gasteiger partial charge in [0.25, 0.3) is 0 Å². The maximum absolute atomic E-state index is 12.0. The van der Waals surface area contributed by atoms with Gasteiger partial charge < -0.3 is 21.7 Å². The standard InChI is InChI=1S/C16H28N4O3S/c1-2-3-6-10(15(17)22)18-13(21)8-5-4-7-12-14-11(9-24-12)19-16(23)20-14/h10-12,14H,2-9H2,1H3,(H2,17,22)(H,18,21)(H2,19,20,23)/t10?,11-,12?,14-/m0/s1. The molecule has 2 saturated heterocycles. The van der Waals surface area contributed by atoms with Gasteiger partial charge in [-0.3, -0.25) is 9.59 Å². The number of hydrogen-bond acceptors (Lipinski definition) is 4. The second kappa shape index (κ2) is 9.15. The summed E-state index contributed by atoms with van der Waals surface area (Å²) in [4.78, 5) is 34.6. The monoisotopic (exact) mass is 356 g/mol. The highest BCUT2D eigenvalue weighted by Gasteiger charge is 2.42. The number of rotatable bonds is 10. The highest BCUT2D eigenvalue weighted by atomic mass is 32.2. The maximum atomic E-state index is 12.0. The number of thioether (sulfide) groups is 1. The van der Waals surface area contributed by atoms with E-state index in [-0.39, 0.29) is 24.0 Å². The molecule has 0 bridgehead atoms. The molecule has 0 aliphatic carbocycles. The molecule has 0 aromatic heterocycles. The molecular formula is C16H28N4O3S. The molecule has 4 atom stereocenters. The van der Waals surface area contributed by atoms with Crippen molar-refractivity contribution in [2.24, 2.45) is 5.73 Å². The molecule has 0 spiro atoms. The molecule has 2 rings (SSSR count). The predicted octanol–water partition coefficient (Wildman–Crippen LogP) is 0.873. The van der Waals surface area contributed by atoms with E-state index < -0.39 is 11.9 Å². The van der Waals surface area contributed by atoms with Gasteiger partial charge in [0.1, 0.15) is 6.04 Å². The fourth-order valence-electron chi connectivity index (χ4n) is 3.23. The zero-order valence-electron chi connectivity index (χ0n) is 14.2. The van der Waals surface area contributed by atoms with Gasteiger partial charge in [-0.05, 0) is 19.3 Å². The minimum Gasteiger partial charge on any atom is -0.368 e. The lowest BCUT2D eigenvalue weighted by Gasteiger charge is -2.17. The number of unbranched alkanes of at least 4 members (excludes halogenated alkanes) is 2. The van der Waals surface area contributed by atoms with Crippen molar-refractivity contribution in [3.63, 3.8) is 0 Å². The third-order valence-corrected chi connectivity index (χ3v) is 6.11. The number of primary amides is 1. The number of nitrogens with one attached hydrogen (secondary N) is 3. The molecule has 0 aromatic rings. The number of amides is 4. The summed E-state index contributed by atoms with van der Waals surface area (Å²) in [5, 5.41) is 9.05. The Kier molecular flexibility index (Phi) is 7.20. The largest absolute Gasteiger partial charge is 0.368 e. The summed E-state index contributed by atoms with van der Waals surface area (Å²) in [5.74, 6) is 0.379. The Morgan fingerprint density at radius 2 is 2.12 bits per heavy atom. The topological polar surface area (TPSA) is 113 Å². The van der Waals surface area contributed by atoms with E-state index in [0.29, 0.717) is 18.1 Å². The molecule has 2 heterocycles. The summed E-state index contributed by atoms with van der Waals surface area (Å²) in [6.45, 7) is 2.04. The second-order valence-corrected chi connectivity index (χ2v) is 7.80. The molecule has 0 aromatic carbocycles. The Morgan fingerprint density at radius 1 is 1.33 bits per heavy atom. The Bertz CT molecular complexity index is 474. The zero-order chi connectivity index (χ0) is 17.5. The van der Waals surface area contributed by atoms with Crippen LogP contribution in [0.25, 0.3) is 0 Å². The van der Waals surface area contributed by atoms with Crippen LogP contribution in [0, 0.1) is 0 Å². The van der Waals surface area contributed by atoms with Gasteiger partial charge in [-0.15, -0.1) is 0 Å². The van der Waals surface area contributed by atoms with E-state index >= 15 is 0 Å². The van der Waals surface area contributed by atoms with Gasteiger partial charge >= 0.3 is 6.03 Å². The molecule has 7 nitrogen and oxygen atoms in total. The lowest BCUT2D eigenvalue weighted by atomic mass is 10.0. The number of fused-ring (bicyclic) bond motifs is 1. The molecule has 8 heteroatoms. The van der Waals surface area contributed by atoms with Gasteiger partial charge in [0, 0.05) is 17.4 Å². The average Bonchev–Trinajstić information content (AvgIpc) is 3.07. The fraction of sp³-hybridized carbons (Fsp3) is 0.812. The van der Waals surface area contributed by atoms with Crippen LogP contribution in [0.4, 0.5) is 4.79 Å². The van der Waals surface area contributed by atoms with Gasteiger partial charge in [0.2, 0.25) is 11.8 Å². The van der Waals surface area contributed by atoms with Crippen molar-refractivity contribution >= 4 is 29.6 Å². The van der Waals surface area contributed by atoms with E-state index in [1.165, 1.54) is 0 Å². The van der Waals surface area contributed by atoms with Crippen LogP contribution in [-0.2, 0) is 9.59 Å².